The first-order valence-electron chi connectivity index (χ1n) is 7.81. The fourth-order valence-corrected chi connectivity index (χ4v) is 3.11. The normalized spacial score (nSPS) is 12.4. The zero-order chi connectivity index (χ0) is 16.5. The number of guanidine groups is 1. The minimum atomic E-state index is 0. The molecule has 0 amide bonds. The first-order chi connectivity index (χ1) is 11.2. The van der Waals surface area contributed by atoms with Gasteiger partial charge in [0.15, 0.2) is 5.96 Å². The molecule has 0 aliphatic heterocycles. The number of nitrogens with one attached hydrogen (secondary N) is 2. The van der Waals surface area contributed by atoms with Crippen molar-refractivity contribution in [2.45, 2.75) is 23.5 Å². The highest BCUT2D eigenvalue weighted by atomic mass is 127. The lowest BCUT2D eigenvalue weighted by Gasteiger charge is -2.15. The summed E-state index contributed by atoms with van der Waals surface area (Å²) in [6.45, 7) is 3.92. The molecular weight excluding hydrogens is 433 g/mol. The largest absolute Gasteiger partial charge is 0.356 e. The van der Waals surface area contributed by atoms with Crippen molar-refractivity contribution in [2.24, 2.45) is 12.0 Å². The monoisotopic (exact) mass is 459 g/mol. The molecule has 1 aromatic heterocycles. The minimum Gasteiger partial charge on any atom is -0.356 e. The molecule has 0 aliphatic carbocycles. The Balaban J connectivity index is 0.00000288. The van der Waals surface area contributed by atoms with Crippen LogP contribution in [-0.4, -0.2) is 41.1 Å². The summed E-state index contributed by atoms with van der Waals surface area (Å²) in [5.41, 5.74) is 1.23. The number of benzene rings is 1. The van der Waals surface area contributed by atoms with Gasteiger partial charge in [0, 0.05) is 43.5 Å². The maximum Gasteiger partial charge on any atom is 0.191 e. The van der Waals surface area contributed by atoms with E-state index in [0.29, 0.717) is 5.25 Å². The van der Waals surface area contributed by atoms with Gasteiger partial charge in [0.05, 0.1) is 6.20 Å². The van der Waals surface area contributed by atoms with Crippen molar-refractivity contribution >= 4 is 41.7 Å². The molecule has 2 rings (SSSR count). The maximum absolute atomic E-state index is 4.27. The Kier molecular flexibility index (Phi) is 9.85. The fourth-order valence-electron chi connectivity index (χ4n) is 2.16. The van der Waals surface area contributed by atoms with Gasteiger partial charge in [0.25, 0.3) is 0 Å². The smallest absolute Gasteiger partial charge is 0.191 e. The van der Waals surface area contributed by atoms with Gasteiger partial charge in [-0.05, 0) is 24.1 Å². The first kappa shape index (κ1) is 20.8. The van der Waals surface area contributed by atoms with Crippen LogP contribution in [0.15, 0.2) is 52.6 Å². The molecule has 7 heteroatoms. The topological polar surface area (TPSA) is 54.2 Å². The van der Waals surface area contributed by atoms with Crippen LogP contribution in [0.4, 0.5) is 0 Å². The molecule has 0 fully saturated rings. The first-order valence-corrected chi connectivity index (χ1v) is 8.69. The van der Waals surface area contributed by atoms with E-state index >= 15 is 0 Å². The lowest BCUT2D eigenvalue weighted by atomic mass is 10.2. The number of aryl methyl sites for hydroxylation is 1. The molecule has 0 saturated heterocycles. The summed E-state index contributed by atoms with van der Waals surface area (Å²) in [5, 5.41) is 11.4. The quantitative estimate of drug-likeness (QED) is 0.290. The third-order valence-electron chi connectivity index (χ3n) is 3.33. The molecule has 2 N–H and O–H groups in total. The zero-order valence-electron chi connectivity index (χ0n) is 14.4. The highest BCUT2D eigenvalue weighted by Gasteiger charge is 2.06. The molecule has 132 valence electrons. The SMILES string of the molecule is CN=C(NCCc1cnn(C)c1)NCC(C)Sc1ccccc1.I. The maximum atomic E-state index is 4.27. The molecule has 0 radical (unpaired) electrons. The summed E-state index contributed by atoms with van der Waals surface area (Å²) < 4.78 is 1.82. The second-order valence-electron chi connectivity index (χ2n) is 5.39. The average molecular weight is 459 g/mol. The predicted octanol–water partition coefficient (Wildman–Crippen LogP) is 2.93. The van der Waals surface area contributed by atoms with Crippen molar-refractivity contribution in [3.05, 3.63) is 48.3 Å². The van der Waals surface area contributed by atoms with Crippen molar-refractivity contribution in [2.75, 3.05) is 20.1 Å². The van der Waals surface area contributed by atoms with E-state index in [1.54, 1.807) is 7.05 Å². The molecule has 2 aromatic rings. The standard InChI is InChI=1S/C17H25N5S.HI/c1-14(23-16-7-5-4-6-8-16)11-20-17(18-2)19-10-9-15-12-21-22(3)13-15;/h4-8,12-14H,9-11H2,1-3H3,(H2,18,19,20);1H. The molecular formula is C17H26IN5S. The molecule has 0 saturated carbocycles. The molecule has 5 nitrogen and oxygen atoms in total. The van der Waals surface area contributed by atoms with E-state index < -0.39 is 0 Å². The van der Waals surface area contributed by atoms with Crippen LogP contribution in [0, 0.1) is 0 Å². The van der Waals surface area contributed by atoms with Gasteiger partial charge in [-0.1, -0.05) is 25.1 Å². The number of aliphatic imine (C=N–C) groups is 1. The highest BCUT2D eigenvalue weighted by molar-refractivity contribution is 14.0. The van der Waals surface area contributed by atoms with E-state index in [2.05, 4.69) is 51.9 Å². The van der Waals surface area contributed by atoms with E-state index in [1.165, 1.54) is 10.5 Å². The van der Waals surface area contributed by atoms with Crippen LogP contribution in [0.25, 0.3) is 0 Å². The van der Waals surface area contributed by atoms with Gasteiger partial charge in [-0.2, -0.15) is 5.10 Å². The Morgan fingerprint density at radius 2 is 2.04 bits per heavy atom. The Hall–Kier alpha value is -1.22. The van der Waals surface area contributed by atoms with E-state index in [1.807, 2.05) is 42.0 Å². The molecule has 1 unspecified atom stereocenters. The van der Waals surface area contributed by atoms with Gasteiger partial charge >= 0.3 is 0 Å². The van der Waals surface area contributed by atoms with Crippen LogP contribution in [0.2, 0.25) is 0 Å². The summed E-state index contributed by atoms with van der Waals surface area (Å²) in [6.07, 6.45) is 4.87. The van der Waals surface area contributed by atoms with Crippen LogP contribution in [0.3, 0.4) is 0 Å². The number of halogens is 1. The Morgan fingerprint density at radius 1 is 1.29 bits per heavy atom. The summed E-state index contributed by atoms with van der Waals surface area (Å²) >= 11 is 1.86. The van der Waals surface area contributed by atoms with E-state index in [9.17, 15) is 0 Å². The van der Waals surface area contributed by atoms with Gasteiger partial charge in [-0.3, -0.25) is 9.67 Å². The number of hydrogen-bond acceptors (Lipinski definition) is 3. The van der Waals surface area contributed by atoms with Crippen LogP contribution < -0.4 is 10.6 Å². The van der Waals surface area contributed by atoms with Gasteiger partial charge < -0.3 is 10.6 Å². The van der Waals surface area contributed by atoms with Crippen LogP contribution in [0.5, 0.6) is 0 Å². The number of nitrogens with zero attached hydrogens (tertiary/aromatic N) is 3. The van der Waals surface area contributed by atoms with E-state index in [0.717, 1.165) is 25.5 Å². The van der Waals surface area contributed by atoms with Crippen molar-refractivity contribution in [3.63, 3.8) is 0 Å². The fraction of sp³-hybridized carbons (Fsp3) is 0.412. The molecule has 0 spiro atoms. The summed E-state index contributed by atoms with van der Waals surface area (Å²) in [5.74, 6) is 0.842. The number of rotatable bonds is 7. The minimum absolute atomic E-state index is 0. The highest BCUT2D eigenvalue weighted by Crippen LogP contribution is 2.21. The number of hydrogen-bond donors (Lipinski definition) is 2. The van der Waals surface area contributed by atoms with Crippen molar-refractivity contribution in [1.29, 1.82) is 0 Å². The Labute approximate surface area is 165 Å². The predicted molar refractivity (Wildman–Crippen MR) is 113 cm³/mol. The van der Waals surface area contributed by atoms with Crippen molar-refractivity contribution < 1.29 is 0 Å². The van der Waals surface area contributed by atoms with Crippen molar-refractivity contribution in [1.82, 2.24) is 20.4 Å². The second-order valence-corrected chi connectivity index (χ2v) is 6.91. The Bertz CT molecular complexity index is 614. The molecule has 24 heavy (non-hydrogen) atoms. The van der Waals surface area contributed by atoms with E-state index in [-0.39, 0.29) is 24.0 Å². The number of aromatic nitrogens is 2. The lowest BCUT2D eigenvalue weighted by molar-refractivity contribution is 0.763. The van der Waals surface area contributed by atoms with Crippen LogP contribution in [-0.2, 0) is 13.5 Å². The van der Waals surface area contributed by atoms with Gasteiger partial charge in [-0.25, -0.2) is 0 Å². The lowest BCUT2D eigenvalue weighted by Crippen LogP contribution is -2.40. The third-order valence-corrected chi connectivity index (χ3v) is 4.44. The Morgan fingerprint density at radius 3 is 2.67 bits per heavy atom. The van der Waals surface area contributed by atoms with Gasteiger partial charge in [-0.15, -0.1) is 35.7 Å². The van der Waals surface area contributed by atoms with Gasteiger partial charge in [0.2, 0.25) is 0 Å². The molecule has 0 aliphatic rings. The number of thioether (sulfide) groups is 1. The van der Waals surface area contributed by atoms with E-state index in [4.69, 9.17) is 0 Å². The molecule has 0 bridgehead atoms. The van der Waals surface area contributed by atoms with Gasteiger partial charge in [0.1, 0.15) is 0 Å². The third kappa shape index (κ3) is 7.57. The molecule has 1 aromatic carbocycles. The zero-order valence-corrected chi connectivity index (χ0v) is 17.5. The van der Waals surface area contributed by atoms with Crippen molar-refractivity contribution in [3.8, 4) is 0 Å². The summed E-state index contributed by atoms with van der Waals surface area (Å²) in [4.78, 5) is 5.56. The molecule has 1 atom stereocenters. The van der Waals surface area contributed by atoms with Crippen LogP contribution >= 0.6 is 35.7 Å². The average Bonchev–Trinajstić information content (AvgIpc) is 2.97. The summed E-state index contributed by atoms with van der Waals surface area (Å²) in [6, 6.07) is 10.5. The molecule has 1 heterocycles. The summed E-state index contributed by atoms with van der Waals surface area (Å²) in [7, 11) is 3.73. The second kappa shape index (κ2) is 11.4. The van der Waals surface area contributed by atoms with Crippen LogP contribution in [0.1, 0.15) is 12.5 Å².